The van der Waals surface area contributed by atoms with Gasteiger partial charge in [0.05, 0.1) is 6.61 Å². The molecule has 21 heavy (non-hydrogen) atoms. The zero-order chi connectivity index (χ0) is 15.0. The second-order valence-corrected chi connectivity index (χ2v) is 5.44. The minimum absolute atomic E-state index is 0.163. The van der Waals surface area contributed by atoms with Gasteiger partial charge in [0.25, 0.3) is 0 Å². The van der Waals surface area contributed by atoms with Crippen molar-refractivity contribution >= 4 is 17.8 Å². The molecule has 0 aromatic heterocycles. The Bertz CT molecular complexity index is 582. The van der Waals surface area contributed by atoms with E-state index in [0.717, 1.165) is 10.5 Å². The highest BCUT2D eigenvalue weighted by Gasteiger charge is 2.69. The summed E-state index contributed by atoms with van der Waals surface area (Å²) in [5, 5.41) is 0. The molecule has 0 radical (unpaired) electrons. The lowest BCUT2D eigenvalue weighted by molar-refractivity contribution is -0.160. The van der Waals surface area contributed by atoms with Crippen LogP contribution in [0.3, 0.4) is 0 Å². The monoisotopic (exact) mass is 287 g/mol. The molecule has 5 nitrogen and oxygen atoms in total. The molecule has 0 spiro atoms. The molecule has 2 fully saturated rings. The average Bonchev–Trinajstić information content (AvgIpc) is 3.14. The maximum Gasteiger partial charge on any atom is 0.333 e. The molecule has 2 unspecified atom stereocenters. The van der Waals surface area contributed by atoms with Gasteiger partial charge in [0.1, 0.15) is 0 Å². The molecule has 2 atom stereocenters. The number of benzene rings is 1. The van der Waals surface area contributed by atoms with Crippen molar-refractivity contribution < 1.29 is 19.1 Å². The molecule has 0 bridgehead atoms. The van der Waals surface area contributed by atoms with E-state index >= 15 is 0 Å². The van der Waals surface area contributed by atoms with Gasteiger partial charge in [0.2, 0.25) is 11.8 Å². The van der Waals surface area contributed by atoms with E-state index in [1.165, 1.54) is 0 Å². The van der Waals surface area contributed by atoms with Crippen LogP contribution >= 0.6 is 0 Å². The van der Waals surface area contributed by atoms with Crippen LogP contribution in [0.15, 0.2) is 30.3 Å². The number of amides is 2. The number of hydrogen-bond acceptors (Lipinski definition) is 4. The van der Waals surface area contributed by atoms with Crippen molar-refractivity contribution in [2.24, 2.45) is 0 Å². The van der Waals surface area contributed by atoms with Crippen LogP contribution in [0.1, 0.15) is 37.7 Å². The summed E-state index contributed by atoms with van der Waals surface area (Å²) in [5.74, 6) is -1.18. The molecule has 1 heterocycles. The number of likely N-dealkylation sites (tertiary alicyclic amines) is 1. The van der Waals surface area contributed by atoms with Gasteiger partial charge in [-0.05, 0) is 18.9 Å². The number of carbonyl (C=O) groups is 3. The lowest BCUT2D eigenvalue weighted by atomic mass is 10.0. The van der Waals surface area contributed by atoms with Crippen molar-refractivity contribution in [2.75, 3.05) is 6.61 Å². The molecule has 1 saturated heterocycles. The third-order valence-corrected chi connectivity index (χ3v) is 4.21. The fourth-order valence-corrected chi connectivity index (χ4v) is 3.17. The zero-order valence-corrected chi connectivity index (χ0v) is 11.9. The number of ether oxygens (including phenoxy) is 1. The van der Waals surface area contributed by atoms with E-state index < -0.39 is 11.5 Å². The van der Waals surface area contributed by atoms with Crippen molar-refractivity contribution in [1.29, 1.82) is 0 Å². The van der Waals surface area contributed by atoms with Crippen molar-refractivity contribution in [1.82, 2.24) is 4.90 Å². The number of carbonyl (C=O) groups excluding carboxylic acids is 3. The molecule has 1 aliphatic carbocycles. The number of esters is 1. The lowest BCUT2D eigenvalue weighted by Crippen LogP contribution is -2.48. The third kappa shape index (κ3) is 2.04. The predicted octanol–water partition coefficient (Wildman–Crippen LogP) is 1.62. The molecular formula is C16H17NO4. The highest BCUT2D eigenvalue weighted by atomic mass is 16.5. The average molecular weight is 287 g/mol. The Kier molecular flexibility index (Phi) is 3.27. The molecule has 1 aromatic rings. The Morgan fingerprint density at radius 2 is 1.86 bits per heavy atom. The van der Waals surface area contributed by atoms with E-state index in [1.54, 1.807) is 6.92 Å². The van der Waals surface area contributed by atoms with Crippen molar-refractivity contribution in [3.8, 4) is 0 Å². The normalized spacial score (nSPS) is 27.9. The fourth-order valence-electron chi connectivity index (χ4n) is 3.17. The number of nitrogens with zero attached hydrogens (tertiary/aromatic N) is 1. The number of imide groups is 1. The van der Waals surface area contributed by atoms with Gasteiger partial charge in [0, 0.05) is 18.8 Å². The molecule has 0 N–H and O–H groups in total. The summed E-state index contributed by atoms with van der Waals surface area (Å²) in [7, 11) is 0. The predicted molar refractivity (Wildman–Crippen MR) is 74.3 cm³/mol. The summed E-state index contributed by atoms with van der Waals surface area (Å²) in [6.45, 7) is 1.96. The minimum Gasteiger partial charge on any atom is -0.464 e. The second-order valence-electron chi connectivity index (χ2n) is 5.44. The molecule has 1 aliphatic heterocycles. The summed E-state index contributed by atoms with van der Waals surface area (Å²) in [4.78, 5) is 37.7. The minimum atomic E-state index is -1.12. The Morgan fingerprint density at radius 1 is 1.24 bits per heavy atom. The zero-order valence-electron chi connectivity index (χ0n) is 11.9. The summed E-state index contributed by atoms with van der Waals surface area (Å²) in [6.07, 6.45) is 0.816. The third-order valence-electron chi connectivity index (χ3n) is 4.21. The van der Waals surface area contributed by atoms with E-state index in [4.69, 9.17) is 4.74 Å². The molecule has 110 valence electrons. The molecule has 1 saturated carbocycles. The van der Waals surface area contributed by atoms with Gasteiger partial charge in [-0.1, -0.05) is 30.3 Å². The molecule has 5 heteroatoms. The van der Waals surface area contributed by atoms with E-state index in [1.807, 2.05) is 30.3 Å². The van der Waals surface area contributed by atoms with Gasteiger partial charge in [-0.2, -0.15) is 0 Å². The smallest absolute Gasteiger partial charge is 0.333 e. The quantitative estimate of drug-likeness (QED) is 0.623. The van der Waals surface area contributed by atoms with Crippen molar-refractivity contribution in [3.05, 3.63) is 35.9 Å². The van der Waals surface area contributed by atoms with Crippen LogP contribution in [0.2, 0.25) is 0 Å². The first-order valence-corrected chi connectivity index (χ1v) is 7.19. The van der Waals surface area contributed by atoms with Crippen LogP contribution < -0.4 is 0 Å². The fraction of sp³-hybridized carbons (Fsp3) is 0.438. The summed E-state index contributed by atoms with van der Waals surface area (Å²) >= 11 is 0. The van der Waals surface area contributed by atoms with Crippen LogP contribution in [-0.4, -0.2) is 34.8 Å². The van der Waals surface area contributed by atoms with Gasteiger partial charge >= 0.3 is 5.97 Å². The Hall–Kier alpha value is -2.17. The highest BCUT2D eigenvalue weighted by Crippen LogP contribution is 2.57. The van der Waals surface area contributed by atoms with Gasteiger partial charge in [-0.25, -0.2) is 4.79 Å². The van der Waals surface area contributed by atoms with Gasteiger partial charge in [-0.15, -0.1) is 0 Å². The standard InChI is InChI=1S/C16H17NO4/c1-2-21-15(20)16(17-13(18)8-9-14(17)19)10-12(16)11-6-4-3-5-7-11/h3-7,12H,2,8-10H2,1H3. The topological polar surface area (TPSA) is 63.7 Å². The highest BCUT2D eigenvalue weighted by molar-refractivity contribution is 6.08. The van der Waals surface area contributed by atoms with Crippen molar-refractivity contribution in [3.63, 3.8) is 0 Å². The van der Waals surface area contributed by atoms with E-state index in [2.05, 4.69) is 0 Å². The molecule has 2 aliphatic rings. The molecule has 2 amide bonds. The molecular weight excluding hydrogens is 270 g/mol. The SMILES string of the molecule is CCOC(=O)C1(N2C(=O)CCC2=O)CC1c1ccccc1. The largest absolute Gasteiger partial charge is 0.464 e. The first kappa shape index (κ1) is 13.8. The van der Waals surface area contributed by atoms with E-state index in [-0.39, 0.29) is 37.2 Å². The first-order valence-electron chi connectivity index (χ1n) is 7.19. The number of rotatable bonds is 4. The second kappa shape index (κ2) is 4.98. The van der Waals surface area contributed by atoms with Gasteiger partial charge in [0.15, 0.2) is 5.54 Å². The van der Waals surface area contributed by atoms with Crippen LogP contribution in [0.25, 0.3) is 0 Å². The first-order chi connectivity index (χ1) is 10.1. The molecule has 1 aromatic carbocycles. The van der Waals surface area contributed by atoms with E-state index in [9.17, 15) is 14.4 Å². The van der Waals surface area contributed by atoms with Gasteiger partial charge in [-0.3, -0.25) is 14.5 Å². The molecule has 3 rings (SSSR count). The summed E-state index contributed by atoms with van der Waals surface area (Å²) in [6, 6.07) is 9.49. The van der Waals surface area contributed by atoms with Crippen LogP contribution in [0.4, 0.5) is 0 Å². The Morgan fingerprint density at radius 3 is 2.43 bits per heavy atom. The Balaban J connectivity index is 1.97. The lowest BCUT2D eigenvalue weighted by Gasteiger charge is -2.25. The maximum atomic E-state index is 12.4. The number of hydrogen-bond donors (Lipinski definition) is 0. The maximum absolute atomic E-state index is 12.4. The summed E-state index contributed by atoms with van der Waals surface area (Å²) < 4.78 is 5.14. The Labute approximate surface area is 122 Å². The van der Waals surface area contributed by atoms with E-state index in [0.29, 0.717) is 6.42 Å². The van der Waals surface area contributed by atoms with Crippen molar-refractivity contribution in [2.45, 2.75) is 37.6 Å². The summed E-state index contributed by atoms with van der Waals surface area (Å²) in [5.41, 5.74) is -0.166. The van der Waals surface area contributed by atoms with Crippen LogP contribution in [-0.2, 0) is 19.1 Å². The van der Waals surface area contributed by atoms with Crippen LogP contribution in [0.5, 0.6) is 0 Å². The van der Waals surface area contributed by atoms with Crippen LogP contribution in [0, 0.1) is 0 Å². The van der Waals surface area contributed by atoms with Gasteiger partial charge < -0.3 is 4.74 Å².